The molecule has 9 amide bonds. The summed E-state index contributed by atoms with van der Waals surface area (Å²) in [6.45, 7) is 25.4. The van der Waals surface area contributed by atoms with Crippen molar-refractivity contribution >= 4 is 53.2 Å². The molecule has 0 aromatic heterocycles. The molecule has 3 aliphatic carbocycles. The normalized spacial score (nSPS) is 17.1. The summed E-state index contributed by atoms with van der Waals surface area (Å²) >= 11 is 0. The first-order valence-electron chi connectivity index (χ1n) is 48.1. The number of rotatable bonds is 55. The maximum absolute atomic E-state index is 13.9. The van der Waals surface area contributed by atoms with Crippen LogP contribution in [0.3, 0.4) is 0 Å². The van der Waals surface area contributed by atoms with E-state index >= 15 is 0 Å². The molecule has 27 nitrogen and oxygen atoms in total. The predicted molar refractivity (Wildman–Crippen MR) is 519 cm³/mol. The Labute approximate surface area is 783 Å². The van der Waals surface area contributed by atoms with Gasteiger partial charge in [0.2, 0.25) is 53.2 Å². The number of hydrogen-bond acceptors (Lipinski definition) is 18. The number of hydrogen-bond donors (Lipinski definition) is 13. The van der Waals surface area contributed by atoms with Gasteiger partial charge in [0.05, 0.1) is 54.2 Å². The van der Waals surface area contributed by atoms with Gasteiger partial charge in [-0.05, 0) is 126 Å². The highest BCUT2D eigenvalue weighted by atomic mass is 16.3. The molecule has 0 aliphatic heterocycles. The summed E-state index contributed by atoms with van der Waals surface area (Å²) in [6, 6.07) is 23.2. The Balaban J connectivity index is 0.000000412. The fraction of sp³-hybridized carbons (Fsp3) is 0.644. The van der Waals surface area contributed by atoms with E-state index in [1.807, 2.05) is 119 Å². The first-order valence-corrected chi connectivity index (χ1v) is 48.1. The van der Waals surface area contributed by atoms with E-state index < -0.39 is 120 Å². The Hall–Kier alpha value is -9.31. The van der Waals surface area contributed by atoms with Crippen molar-refractivity contribution in [2.45, 2.75) is 294 Å². The molecular weight excluding hydrogens is 1660 g/mol. The topological polar surface area (TPSA) is 375 Å². The van der Waals surface area contributed by atoms with Gasteiger partial charge < -0.3 is 92.4 Å². The van der Waals surface area contributed by atoms with E-state index in [-0.39, 0.29) is 68.1 Å². The van der Waals surface area contributed by atoms with Gasteiger partial charge in [0.25, 0.3) is 0 Å². The number of carbonyl (C=O) groups excluding carboxylic acids is 9. The molecule has 9 unspecified atom stereocenters. The molecule has 0 spiro atoms. The van der Waals surface area contributed by atoms with Gasteiger partial charge in [-0.2, -0.15) is 0 Å². The summed E-state index contributed by atoms with van der Waals surface area (Å²) in [5, 5.41) is 84.5. The molecule has 3 aromatic rings. The fourth-order valence-corrected chi connectivity index (χ4v) is 17.2. The summed E-state index contributed by atoms with van der Waals surface area (Å²) in [7, 11) is 8.98. The van der Waals surface area contributed by atoms with Crippen molar-refractivity contribution in [1.29, 1.82) is 0 Å². The first kappa shape index (κ1) is 114. The van der Waals surface area contributed by atoms with Gasteiger partial charge in [0.15, 0.2) is 0 Å². The van der Waals surface area contributed by atoms with Gasteiger partial charge in [-0.25, -0.2) is 0 Å². The summed E-state index contributed by atoms with van der Waals surface area (Å²) < 4.78 is 0. The van der Waals surface area contributed by atoms with E-state index in [0.29, 0.717) is 95.4 Å². The SMILES string of the molecule is C#CC[C@H](NC(=O)C(CC(=O)N(C)CCN(C)CC)Cc1ccccc1)C(=O)NC(CC1CCCCC1)[C@@H](O)C(O)C=C.C#CC[C@H](NC(=O)C(CC(=O)N(C)CCNC)Cc1ccccc1)C(=O)NC(CC1CCCCC1)[C@@H](O)C(O)C=C.CC#CC[C@H](NC(=O)C(CC(=O)N(C)CCN(CC)CC)Cc1ccccc1)C(=O)NC(CC1CCCCC1)[C@@H](O)C(O)CC(C)C. The lowest BCUT2D eigenvalue weighted by Crippen LogP contribution is -2.56. The quantitative estimate of drug-likeness (QED) is 0.0186. The van der Waals surface area contributed by atoms with E-state index in [9.17, 15) is 73.8 Å². The standard InChI is InChI=1S/C38H62N4O5.C34H52N4O5.C32H48N4O5/c1-7-10-21-32(38(47)40-33(26-30-19-15-12-16-20-30)36(45)34(43)24-28(4)5)39-37(46)31(25-29-17-13-11-14-18-29)27-35(44)41(6)22-23-42(8-2)9-3;1-6-15-28(34(43)36-29(32(41)30(39)7-2)23-26-18-13-10-14-19-26)35-33(42)27(22-25-16-11-9-12-17-25)24-31(40)38(5)21-20-37(4)8-3;1-5-13-26(32(41)35-27(30(39)28(37)6-2)21-24-16-11-8-12-17-24)34-31(40)25(20-23-14-9-7-10-15-23)22-29(38)36(4)19-18-33-3/h11,13-14,17-18,28,30-34,36,43,45H,8-9,12,15-16,19-27H2,1-6H3,(H,39,46)(H,40,47);1,7,9,11-12,16-17,26-30,32,39,41H,2,8,10,13-15,18-24H2,3-5H3,(H,35,42)(H,36,43);1,6-7,9-10,14-15,24-28,30,33,37,39H,2,8,11-13,16-22H2,3-4H3,(H,34,40)(H,35,41)/t31?,32-,33?,34?,36+;27?,28-,29?,30?,32+;25?,26-,27?,28?,30+/m000/s1. The smallest absolute Gasteiger partial charge is 0.243 e. The van der Waals surface area contributed by atoms with Gasteiger partial charge >= 0.3 is 0 Å². The van der Waals surface area contributed by atoms with E-state index in [4.69, 9.17) is 12.8 Å². The van der Waals surface area contributed by atoms with Gasteiger partial charge in [0, 0.05) is 98.9 Å². The molecule has 3 saturated carbocycles. The van der Waals surface area contributed by atoms with Crippen LogP contribution in [0.1, 0.15) is 219 Å². The number of terminal acetylenes is 2. The Kier molecular flexibility index (Phi) is 56.2. The molecule has 0 bridgehead atoms. The highest BCUT2D eigenvalue weighted by Gasteiger charge is 2.39. The molecule has 27 heteroatoms. The minimum Gasteiger partial charge on any atom is -0.390 e. The Morgan fingerprint density at radius 1 is 0.435 bits per heavy atom. The third-order valence-electron chi connectivity index (χ3n) is 25.8. The second kappa shape index (κ2) is 64.5. The Morgan fingerprint density at radius 3 is 1.05 bits per heavy atom. The summed E-state index contributed by atoms with van der Waals surface area (Å²) in [5.41, 5.74) is 2.72. The highest BCUT2D eigenvalue weighted by Crippen LogP contribution is 2.33. The molecule has 0 saturated heterocycles. The highest BCUT2D eigenvalue weighted by molar-refractivity contribution is 5.93. The van der Waals surface area contributed by atoms with Crippen molar-refractivity contribution in [1.82, 2.24) is 61.7 Å². The van der Waals surface area contributed by atoms with Crippen LogP contribution < -0.4 is 37.2 Å². The zero-order valence-corrected chi connectivity index (χ0v) is 80.6. The number of benzene rings is 3. The lowest BCUT2D eigenvalue weighted by atomic mass is 9.82. The Morgan fingerprint density at radius 2 is 0.756 bits per heavy atom. The van der Waals surface area contributed by atoms with Crippen LogP contribution in [0, 0.1) is 78.0 Å². The zero-order chi connectivity index (χ0) is 96.7. The van der Waals surface area contributed by atoms with Crippen LogP contribution in [0.2, 0.25) is 0 Å². The predicted octanol–water partition coefficient (Wildman–Crippen LogP) is 8.46. The summed E-state index contributed by atoms with van der Waals surface area (Å²) in [5.74, 6) is 6.43. The van der Waals surface area contributed by atoms with Crippen LogP contribution >= 0.6 is 0 Å². The minimum absolute atomic E-state index is 0.00763. The van der Waals surface area contributed by atoms with Crippen LogP contribution in [-0.2, 0) is 62.4 Å². The number of nitrogens with zero attached hydrogens (tertiary/aromatic N) is 5. The lowest BCUT2D eigenvalue weighted by Gasteiger charge is -2.33. The van der Waals surface area contributed by atoms with Gasteiger partial charge in [-0.15, -0.1) is 49.7 Å². The van der Waals surface area contributed by atoms with Gasteiger partial charge in [-0.1, -0.05) is 234 Å². The molecule has 728 valence electrons. The van der Waals surface area contributed by atoms with Crippen molar-refractivity contribution in [2.24, 2.45) is 41.4 Å². The molecule has 15 atom stereocenters. The third kappa shape index (κ3) is 43.9. The van der Waals surface area contributed by atoms with Gasteiger partial charge in [-0.3, -0.25) is 43.2 Å². The fourth-order valence-electron chi connectivity index (χ4n) is 17.2. The first-order chi connectivity index (χ1) is 62.8. The summed E-state index contributed by atoms with van der Waals surface area (Å²) in [4.78, 5) is 131. The van der Waals surface area contributed by atoms with Crippen molar-refractivity contribution in [2.75, 3.05) is 94.1 Å². The molecule has 3 fully saturated rings. The van der Waals surface area contributed by atoms with Crippen LogP contribution in [0.5, 0.6) is 0 Å². The van der Waals surface area contributed by atoms with Crippen LogP contribution in [-0.4, -0.2) is 275 Å². The second-order valence-corrected chi connectivity index (χ2v) is 36.6. The van der Waals surface area contributed by atoms with Crippen LogP contribution in [0.25, 0.3) is 0 Å². The number of aliphatic hydroxyl groups excluding tert-OH is 6. The average molecular weight is 1820 g/mol. The molecule has 6 rings (SSSR count). The van der Waals surface area contributed by atoms with Crippen molar-refractivity contribution in [3.05, 3.63) is 133 Å². The van der Waals surface area contributed by atoms with E-state index in [1.165, 1.54) is 31.4 Å². The average Bonchev–Trinajstić information content (AvgIpc) is 0.856. The molecular formula is C104H162N12O15. The van der Waals surface area contributed by atoms with Crippen molar-refractivity contribution in [3.8, 4) is 36.5 Å². The Bertz CT molecular complexity index is 3980. The lowest BCUT2D eigenvalue weighted by molar-refractivity contribution is -0.137. The van der Waals surface area contributed by atoms with Crippen LogP contribution in [0.15, 0.2) is 116 Å². The van der Waals surface area contributed by atoms with E-state index in [0.717, 1.165) is 120 Å². The van der Waals surface area contributed by atoms with E-state index in [2.05, 4.69) is 97.7 Å². The molecule has 3 aromatic carbocycles. The van der Waals surface area contributed by atoms with Crippen molar-refractivity contribution in [3.63, 3.8) is 0 Å². The van der Waals surface area contributed by atoms with Crippen LogP contribution in [0.4, 0.5) is 0 Å². The maximum Gasteiger partial charge on any atom is 0.243 e. The number of amides is 9. The van der Waals surface area contributed by atoms with Gasteiger partial charge in [0.1, 0.15) is 36.4 Å². The molecule has 0 heterocycles. The second-order valence-electron chi connectivity index (χ2n) is 36.6. The number of aliphatic hydroxyl groups is 6. The third-order valence-corrected chi connectivity index (χ3v) is 25.8. The maximum atomic E-state index is 13.9. The molecule has 131 heavy (non-hydrogen) atoms. The largest absolute Gasteiger partial charge is 0.390 e. The van der Waals surface area contributed by atoms with Crippen molar-refractivity contribution < 1.29 is 73.8 Å². The monoisotopic (exact) mass is 1820 g/mol. The number of nitrogens with one attached hydrogen (secondary N) is 7. The molecule has 13 N–H and O–H groups in total. The number of carbonyl (C=O) groups is 9. The number of likely N-dealkylation sites (N-methyl/N-ethyl adjacent to an activating group) is 6. The molecule has 0 radical (unpaired) electrons. The van der Waals surface area contributed by atoms with E-state index in [1.54, 1.807) is 49.8 Å². The summed E-state index contributed by atoms with van der Waals surface area (Å²) in [6.07, 6.45) is 25.6. The zero-order valence-electron chi connectivity index (χ0n) is 80.6. The minimum atomic E-state index is -1.25. The molecule has 3 aliphatic rings.